The van der Waals surface area contributed by atoms with Crippen LogP contribution in [0.3, 0.4) is 0 Å². The molecule has 112 valence electrons. The van der Waals surface area contributed by atoms with Gasteiger partial charge in [0.2, 0.25) is 0 Å². The number of aliphatic hydroxyl groups is 1. The number of methoxy groups -OCH3 is 2. The molecule has 1 aliphatic rings. The minimum absolute atomic E-state index is 0.164. The Bertz CT molecular complexity index is 485. The lowest BCUT2D eigenvalue weighted by molar-refractivity contribution is 0.0512. The van der Waals surface area contributed by atoms with E-state index in [1.165, 1.54) is 6.42 Å². The lowest BCUT2D eigenvalue weighted by Crippen LogP contribution is -2.24. The Labute approximate surface area is 129 Å². The monoisotopic (exact) mass is 342 g/mol. The van der Waals surface area contributed by atoms with Gasteiger partial charge in [-0.05, 0) is 52.2 Å². The molecule has 1 N–H and O–H groups in total. The Balaban J connectivity index is 2.39. The van der Waals surface area contributed by atoms with Crippen LogP contribution in [0.1, 0.15) is 44.8 Å². The molecule has 0 aliphatic heterocycles. The number of aliphatic hydroxyl groups excluding tert-OH is 1. The van der Waals surface area contributed by atoms with Gasteiger partial charge in [-0.2, -0.15) is 0 Å². The van der Waals surface area contributed by atoms with Gasteiger partial charge in [0.25, 0.3) is 0 Å². The SMILES string of the molecule is COc1ccc(C(O)C2CCCC2(C)C)c(OC)c1Br. The Hall–Kier alpha value is -0.740. The van der Waals surface area contributed by atoms with Crippen LogP contribution >= 0.6 is 15.9 Å². The van der Waals surface area contributed by atoms with Crippen LogP contribution in [0.5, 0.6) is 11.5 Å². The third kappa shape index (κ3) is 2.68. The molecule has 1 aliphatic carbocycles. The van der Waals surface area contributed by atoms with Crippen LogP contribution < -0.4 is 9.47 Å². The largest absolute Gasteiger partial charge is 0.495 e. The van der Waals surface area contributed by atoms with Gasteiger partial charge in [-0.25, -0.2) is 0 Å². The third-order valence-electron chi connectivity index (χ3n) is 4.56. The quantitative estimate of drug-likeness (QED) is 0.885. The normalized spacial score (nSPS) is 22.6. The van der Waals surface area contributed by atoms with Gasteiger partial charge in [0.1, 0.15) is 16.0 Å². The summed E-state index contributed by atoms with van der Waals surface area (Å²) >= 11 is 3.50. The fraction of sp³-hybridized carbons (Fsp3) is 0.625. The van der Waals surface area contributed by atoms with Gasteiger partial charge >= 0.3 is 0 Å². The summed E-state index contributed by atoms with van der Waals surface area (Å²) in [6, 6.07) is 3.77. The van der Waals surface area contributed by atoms with Crippen molar-refractivity contribution in [2.75, 3.05) is 14.2 Å². The molecule has 20 heavy (non-hydrogen) atoms. The molecule has 0 heterocycles. The molecular weight excluding hydrogens is 320 g/mol. The number of hydrogen-bond donors (Lipinski definition) is 1. The molecule has 0 radical (unpaired) electrons. The Morgan fingerprint density at radius 3 is 2.50 bits per heavy atom. The Morgan fingerprint density at radius 2 is 2.00 bits per heavy atom. The molecule has 0 aromatic heterocycles. The smallest absolute Gasteiger partial charge is 0.142 e. The van der Waals surface area contributed by atoms with Crippen LogP contribution in [0.4, 0.5) is 0 Å². The van der Waals surface area contributed by atoms with Crippen molar-refractivity contribution in [3.63, 3.8) is 0 Å². The maximum absolute atomic E-state index is 10.8. The number of rotatable bonds is 4. The van der Waals surface area contributed by atoms with Crippen molar-refractivity contribution in [1.29, 1.82) is 0 Å². The predicted molar refractivity (Wildman–Crippen MR) is 83.3 cm³/mol. The van der Waals surface area contributed by atoms with E-state index in [-0.39, 0.29) is 11.3 Å². The highest BCUT2D eigenvalue weighted by atomic mass is 79.9. The van der Waals surface area contributed by atoms with E-state index in [1.807, 2.05) is 12.1 Å². The van der Waals surface area contributed by atoms with Crippen molar-refractivity contribution in [2.45, 2.75) is 39.2 Å². The summed E-state index contributed by atoms with van der Waals surface area (Å²) in [6.45, 7) is 4.47. The standard InChI is InChI=1S/C16H23BrO3/c1-16(2)9-5-6-11(16)14(18)10-7-8-12(19-3)13(17)15(10)20-4/h7-8,11,14,18H,5-6,9H2,1-4H3. The van der Waals surface area contributed by atoms with Crippen LogP contribution in [-0.4, -0.2) is 19.3 Å². The Kier molecular flexibility index (Phi) is 4.65. The van der Waals surface area contributed by atoms with E-state index in [9.17, 15) is 5.11 Å². The van der Waals surface area contributed by atoms with E-state index in [1.54, 1.807) is 14.2 Å². The third-order valence-corrected chi connectivity index (χ3v) is 5.31. The molecule has 2 rings (SSSR count). The number of ether oxygens (including phenoxy) is 2. The number of hydrogen-bond acceptors (Lipinski definition) is 3. The Morgan fingerprint density at radius 1 is 1.30 bits per heavy atom. The zero-order valence-electron chi connectivity index (χ0n) is 12.6. The van der Waals surface area contributed by atoms with Gasteiger partial charge < -0.3 is 14.6 Å². The zero-order chi connectivity index (χ0) is 14.9. The maximum atomic E-state index is 10.8. The zero-order valence-corrected chi connectivity index (χ0v) is 14.2. The minimum Gasteiger partial charge on any atom is -0.495 e. The second-order valence-electron chi connectivity index (χ2n) is 6.14. The van der Waals surface area contributed by atoms with Gasteiger partial charge in [-0.1, -0.05) is 20.3 Å². The van der Waals surface area contributed by atoms with Gasteiger partial charge in [0.05, 0.1) is 20.3 Å². The average molecular weight is 343 g/mol. The highest BCUT2D eigenvalue weighted by Crippen LogP contribution is 2.51. The first-order valence-electron chi connectivity index (χ1n) is 7.01. The predicted octanol–water partition coefficient (Wildman–Crippen LogP) is 4.33. The first-order chi connectivity index (χ1) is 9.42. The first-order valence-corrected chi connectivity index (χ1v) is 7.80. The van der Waals surface area contributed by atoms with Crippen molar-refractivity contribution in [3.8, 4) is 11.5 Å². The molecule has 3 nitrogen and oxygen atoms in total. The van der Waals surface area contributed by atoms with Crippen molar-refractivity contribution >= 4 is 15.9 Å². The van der Waals surface area contributed by atoms with Crippen molar-refractivity contribution in [1.82, 2.24) is 0 Å². The summed E-state index contributed by atoms with van der Waals surface area (Å²) in [6.07, 6.45) is 2.88. The molecule has 1 saturated carbocycles. The van der Waals surface area contributed by atoms with Gasteiger partial charge in [-0.3, -0.25) is 0 Å². The second kappa shape index (κ2) is 5.94. The summed E-state index contributed by atoms with van der Waals surface area (Å²) in [5.41, 5.74) is 0.997. The van der Waals surface area contributed by atoms with Gasteiger partial charge in [0, 0.05) is 5.56 Å². The molecule has 2 atom stereocenters. The first kappa shape index (κ1) is 15.6. The molecule has 2 unspecified atom stereocenters. The second-order valence-corrected chi connectivity index (χ2v) is 6.93. The van der Waals surface area contributed by atoms with E-state index in [0.717, 1.165) is 22.9 Å². The molecule has 1 aromatic carbocycles. The van der Waals surface area contributed by atoms with E-state index < -0.39 is 6.10 Å². The topological polar surface area (TPSA) is 38.7 Å². The van der Waals surface area contributed by atoms with Crippen molar-refractivity contribution < 1.29 is 14.6 Å². The number of halogens is 1. The fourth-order valence-corrected chi connectivity index (χ4v) is 3.99. The molecule has 1 fully saturated rings. The molecule has 0 saturated heterocycles. The van der Waals surface area contributed by atoms with E-state index in [0.29, 0.717) is 11.5 Å². The van der Waals surface area contributed by atoms with Crippen LogP contribution in [0, 0.1) is 11.3 Å². The van der Waals surface area contributed by atoms with Gasteiger partial charge in [-0.15, -0.1) is 0 Å². The lowest BCUT2D eigenvalue weighted by atomic mass is 9.76. The average Bonchev–Trinajstić information content (AvgIpc) is 2.77. The highest BCUT2D eigenvalue weighted by molar-refractivity contribution is 9.10. The minimum atomic E-state index is -0.510. The van der Waals surface area contributed by atoms with E-state index in [2.05, 4.69) is 29.8 Å². The summed E-state index contributed by atoms with van der Waals surface area (Å²) < 4.78 is 11.5. The van der Waals surface area contributed by atoms with E-state index in [4.69, 9.17) is 9.47 Å². The molecule has 0 spiro atoms. The van der Waals surface area contributed by atoms with Crippen LogP contribution in [0.2, 0.25) is 0 Å². The van der Waals surface area contributed by atoms with Crippen LogP contribution in [-0.2, 0) is 0 Å². The molecule has 0 bridgehead atoms. The molecular formula is C16H23BrO3. The summed E-state index contributed by atoms with van der Waals surface area (Å²) in [5, 5.41) is 10.8. The lowest BCUT2D eigenvalue weighted by Gasteiger charge is -2.32. The maximum Gasteiger partial charge on any atom is 0.142 e. The summed E-state index contributed by atoms with van der Waals surface area (Å²) in [7, 11) is 3.24. The fourth-order valence-electron chi connectivity index (χ4n) is 3.31. The molecule has 1 aromatic rings. The van der Waals surface area contributed by atoms with Gasteiger partial charge in [0.15, 0.2) is 0 Å². The van der Waals surface area contributed by atoms with Crippen LogP contribution in [0.15, 0.2) is 16.6 Å². The molecule has 4 heteroatoms. The highest BCUT2D eigenvalue weighted by Gasteiger charge is 2.40. The van der Waals surface area contributed by atoms with Crippen molar-refractivity contribution in [2.24, 2.45) is 11.3 Å². The van der Waals surface area contributed by atoms with Crippen molar-refractivity contribution in [3.05, 3.63) is 22.2 Å². The number of benzene rings is 1. The summed E-state index contributed by atoms with van der Waals surface area (Å²) in [5.74, 6) is 1.64. The van der Waals surface area contributed by atoms with Crippen LogP contribution in [0.25, 0.3) is 0 Å². The summed E-state index contributed by atoms with van der Waals surface area (Å²) in [4.78, 5) is 0. The molecule has 0 amide bonds. The van der Waals surface area contributed by atoms with E-state index >= 15 is 0 Å².